The maximum Gasteiger partial charge on any atom is 0.300 e. The fraction of sp³-hybridized carbons (Fsp3) is 0.0435. The van der Waals surface area contributed by atoms with E-state index in [4.69, 9.17) is 0 Å². The molecule has 1 heterocycles. The second kappa shape index (κ2) is 7.24. The molecular formula is C23H16FNO4. The minimum absolute atomic E-state index is 0.00285. The second-order valence-corrected chi connectivity index (χ2v) is 6.61. The van der Waals surface area contributed by atoms with Gasteiger partial charge in [-0.1, -0.05) is 42.5 Å². The molecule has 2 N–H and O–H groups in total. The van der Waals surface area contributed by atoms with E-state index >= 15 is 0 Å². The van der Waals surface area contributed by atoms with E-state index in [1.807, 2.05) is 0 Å². The van der Waals surface area contributed by atoms with Crippen molar-refractivity contribution in [3.05, 3.63) is 101 Å². The van der Waals surface area contributed by atoms with Gasteiger partial charge in [-0.15, -0.1) is 0 Å². The molecule has 0 spiro atoms. The van der Waals surface area contributed by atoms with Crippen molar-refractivity contribution in [3.63, 3.8) is 0 Å². The number of phenols is 1. The Kier molecular flexibility index (Phi) is 4.60. The number of Topliss-reactive ketones (excluding diaryl/α,β-unsaturated/α-hetero) is 1. The molecule has 0 saturated carbocycles. The smallest absolute Gasteiger partial charge is 0.300 e. The lowest BCUT2D eigenvalue weighted by atomic mass is 9.95. The van der Waals surface area contributed by atoms with E-state index in [0.29, 0.717) is 16.8 Å². The maximum atomic E-state index is 13.9. The Morgan fingerprint density at radius 3 is 2.24 bits per heavy atom. The number of aromatic hydroxyl groups is 1. The number of anilines is 1. The van der Waals surface area contributed by atoms with Crippen molar-refractivity contribution in [1.82, 2.24) is 0 Å². The molecule has 1 atom stereocenters. The summed E-state index contributed by atoms with van der Waals surface area (Å²) in [7, 11) is 0. The molecule has 29 heavy (non-hydrogen) atoms. The fourth-order valence-electron chi connectivity index (χ4n) is 3.46. The summed E-state index contributed by atoms with van der Waals surface area (Å²) < 4.78 is 13.9. The average Bonchev–Trinajstić information content (AvgIpc) is 3.00. The molecule has 5 nitrogen and oxygen atoms in total. The van der Waals surface area contributed by atoms with Gasteiger partial charge in [0.25, 0.3) is 11.7 Å². The zero-order chi connectivity index (χ0) is 20.5. The number of amides is 1. The molecular weight excluding hydrogens is 373 g/mol. The Labute approximate surface area is 166 Å². The van der Waals surface area contributed by atoms with E-state index in [2.05, 4.69) is 0 Å². The first-order valence-electron chi connectivity index (χ1n) is 8.88. The Balaban J connectivity index is 1.96. The summed E-state index contributed by atoms with van der Waals surface area (Å²) >= 11 is 0. The number of rotatable bonds is 3. The van der Waals surface area contributed by atoms with Gasteiger partial charge < -0.3 is 10.2 Å². The van der Waals surface area contributed by atoms with Crippen LogP contribution >= 0.6 is 0 Å². The van der Waals surface area contributed by atoms with Crippen molar-refractivity contribution >= 4 is 23.1 Å². The minimum Gasteiger partial charge on any atom is -0.508 e. The fourth-order valence-corrected chi connectivity index (χ4v) is 3.46. The molecule has 6 heteroatoms. The molecule has 3 aromatic carbocycles. The number of phenolic OH excluding ortho intramolecular Hbond substituents is 1. The van der Waals surface area contributed by atoms with Crippen LogP contribution in [0, 0.1) is 5.82 Å². The van der Waals surface area contributed by atoms with Crippen LogP contribution in [0.3, 0.4) is 0 Å². The van der Waals surface area contributed by atoms with Gasteiger partial charge in [-0.25, -0.2) is 4.39 Å². The van der Waals surface area contributed by atoms with Crippen LogP contribution in [0.15, 0.2) is 84.4 Å². The standard InChI is InChI=1S/C23H16FNO4/c24-16-8-4-7-15(13-16)20-19(21(27)14-5-2-1-3-6-14)22(28)23(29)25(20)17-9-11-18(26)12-10-17/h1-13,20,26-27H. The van der Waals surface area contributed by atoms with Crippen molar-refractivity contribution in [1.29, 1.82) is 0 Å². The van der Waals surface area contributed by atoms with Crippen molar-refractivity contribution < 1.29 is 24.2 Å². The first-order valence-corrected chi connectivity index (χ1v) is 8.88. The van der Waals surface area contributed by atoms with Crippen LogP contribution in [0.2, 0.25) is 0 Å². The number of benzene rings is 3. The zero-order valence-corrected chi connectivity index (χ0v) is 15.1. The van der Waals surface area contributed by atoms with Gasteiger partial charge in [0.1, 0.15) is 17.3 Å². The predicted octanol–water partition coefficient (Wildman–Crippen LogP) is 4.16. The van der Waals surface area contributed by atoms with E-state index in [-0.39, 0.29) is 17.1 Å². The van der Waals surface area contributed by atoms with E-state index in [1.165, 1.54) is 47.4 Å². The monoisotopic (exact) mass is 389 g/mol. The summed E-state index contributed by atoms with van der Waals surface area (Å²) in [5.74, 6) is -2.58. The molecule has 1 unspecified atom stereocenters. The second-order valence-electron chi connectivity index (χ2n) is 6.61. The highest BCUT2D eigenvalue weighted by Crippen LogP contribution is 2.42. The number of hydrogen-bond donors (Lipinski definition) is 2. The summed E-state index contributed by atoms with van der Waals surface area (Å²) in [4.78, 5) is 27.0. The number of carbonyl (C=O) groups is 2. The molecule has 0 aliphatic carbocycles. The summed E-state index contributed by atoms with van der Waals surface area (Å²) in [6, 6.07) is 18.6. The Bertz CT molecular complexity index is 1120. The number of nitrogens with zero attached hydrogens (tertiary/aromatic N) is 1. The van der Waals surface area contributed by atoms with Gasteiger partial charge >= 0.3 is 0 Å². The third kappa shape index (κ3) is 3.25. The van der Waals surface area contributed by atoms with E-state index in [0.717, 1.165) is 0 Å². The van der Waals surface area contributed by atoms with Crippen molar-refractivity contribution in [2.75, 3.05) is 4.90 Å². The van der Waals surface area contributed by atoms with Gasteiger partial charge in [0.2, 0.25) is 0 Å². The summed E-state index contributed by atoms with van der Waals surface area (Å²) in [5, 5.41) is 20.4. The Morgan fingerprint density at radius 1 is 0.897 bits per heavy atom. The van der Waals surface area contributed by atoms with E-state index < -0.39 is 23.5 Å². The van der Waals surface area contributed by atoms with Gasteiger partial charge in [0, 0.05) is 11.3 Å². The summed E-state index contributed by atoms with van der Waals surface area (Å²) in [5.41, 5.74) is 0.929. The Morgan fingerprint density at radius 2 is 1.59 bits per heavy atom. The average molecular weight is 389 g/mol. The van der Waals surface area contributed by atoms with Gasteiger partial charge in [0.05, 0.1) is 11.6 Å². The first-order chi connectivity index (χ1) is 14.0. The SMILES string of the molecule is O=C1C(=O)N(c2ccc(O)cc2)C(c2cccc(F)c2)C1=C(O)c1ccccc1. The van der Waals surface area contributed by atoms with Gasteiger partial charge in [0.15, 0.2) is 0 Å². The lowest BCUT2D eigenvalue weighted by molar-refractivity contribution is -0.132. The van der Waals surface area contributed by atoms with Crippen LogP contribution in [0.25, 0.3) is 5.76 Å². The molecule has 0 radical (unpaired) electrons. The predicted molar refractivity (Wildman–Crippen MR) is 106 cm³/mol. The van der Waals surface area contributed by atoms with E-state index in [1.54, 1.807) is 36.4 Å². The highest BCUT2D eigenvalue weighted by molar-refractivity contribution is 6.51. The molecule has 0 bridgehead atoms. The molecule has 144 valence electrons. The topological polar surface area (TPSA) is 77.8 Å². The molecule has 3 aromatic rings. The lowest BCUT2D eigenvalue weighted by Gasteiger charge is -2.25. The number of carbonyl (C=O) groups excluding carboxylic acids is 2. The molecule has 1 fully saturated rings. The zero-order valence-electron chi connectivity index (χ0n) is 15.1. The van der Waals surface area contributed by atoms with Crippen LogP contribution in [-0.4, -0.2) is 21.9 Å². The van der Waals surface area contributed by atoms with Crippen LogP contribution in [0.4, 0.5) is 10.1 Å². The van der Waals surface area contributed by atoms with Crippen LogP contribution in [0.1, 0.15) is 17.2 Å². The molecule has 1 amide bonds. The number of ketones is 1. The quantitative estimate of drug-likeness (QED) is 0.401. The highest BCUT2D eigenvalue weighted by Gasteiger charge is 2.47. The van der Waals surface area contributed by atoms with Crippen molar-refractivity contribution in [2.45, 2.75) is 6.04 Å². The largest absolute Gasteiger partial charge is 0.508 e. The first kappa shape index (κ1) is 18.4. The molecule has 1 aliphatic heterocycles. The van der Waals surface area contributed by atoms with Crippen LogP contribution in [-0.2, 0) is 9.59 Å². The van der Waals surface area contributed by atoms with Gasteiger partial charge in [-0.3, -0.25) is 14.5 Å². The molecule has 0 aromatic heterocycles. The number of aliphatic hydroxyl groups excluding tert-OH is 1. The normalized spacial score (nSPS) is 18.2. The third-order valence-corrected chi connectivity index (χ3v) is 4.78. The lowest BCUT2D eigenvalue weighted by Crippen LogP contribution is -2.29. The molecule has 1 saturated heterocycles. The number of hydrogen-bond acceptors (Lipinski definition) is 4. The minimum atomic E-state index is -1.02. The maximum absolute atomic E-state index is 13.9. The van der Waals surface area contributed by atoms with Crippen LogP contribution < -0.4 is 4.90 Å². The van der Waals surface area contributed by atoms with Gasteiger partial charge in [-0.2, -0.15) is 0 Å². The summed E-state index contributed by atoms with van der Waals surface area (Å²) in [6.45, 7) is 0. The van der Waals surface area contributed by atoms with E-state index in [9.17, 15) is 24.2 Å². The molecule has 1 aliphatic rings. The number of aliphatic hydroxyl groups is 1. The Hall–Kier alpha value is -3.93. The van der Waals surface area contributed by atoms with Crippen molar-refractivity contribution in [2.24, 2.45) is 0 Å². The number of halogens is 1. The third-order valence-electron chi connectivity index (χ3n) is 4.78. The van der Waals surface area contributed by atoms with Crippen LogP contribution in [0.5, 0.6) is 5.75 Å². The summed E-state index contributed by atoms with van der Waals surface area (Å²) in [6.07, 6.45) is 0. The van der Waals surface area contributed by atoms with Crippen molar-refractivity contribution in [3.8, 4) is 5.75 Å². The molecule has 4 rings (SSSR count). The highest BCUT2D eigenvalue weighted by atomic mass is 19.1. The van der Waals surface area contributed by atoms with Gasteiger partial charge in [-0.05, 0) is 42.0 Å².